The quantitative estimate of drug-likeness (QED) is 0.506. The average molecular weight is 422 g/mol. The van der Waals surface area contributed by atoms with Gasteiger partial charge in [0.05, 0.1) is 5.69 Å². The lowest BCUT2D eigenvalue weighted by Gasteiger charge is -2.23. The van der Waals surface area contributed by atoms with Crippen LogP contribution in [-0.2, 0) is 0 Å². The lowest BCUT2D eigenvalue weighted by molar-refractivity contribution is 0.0935. The first-order chi connectivity index (χ1) is 14.6. The predicted molar refractivity (Wildman–Crippen MR) is 120 cm³/mol. The highest BCUT2D eigenvalue weighted by atomic mass is 32.1. The molecule has 1 atom stereocenters. The summed E-state index contributed by atoms with van der Waals surface area (Å²) in [5.41, 5.74) is 8.87. The van der Waals surface area contributed by atoms with Crippen molar-refractivity contribution in [3.8, 4) is 21.6 Å². The van der Waals surface area contributed by atoms with Crippen LogP contribution < -0.4 is 21.7 Å². The third-order valence-electron chi connectivity index (χ3n) is 5.01. The summed E-state index contributed by atoms with van der Waals surface area (Å²) in [6.45, 7) is 1.72. The van der Waals surface area contributed by atoms with E-state index in [9.17, 15) is 9.59 Å². The van der Waals surface area contributed by atoms with Crippen LogP contribution >= 0.6 is 11.3 Å². The summed E-state index contributed by atoms with van der Waals surface area (Å²) < 4.78 is 0. The van der Waals surface area contributed by atoms with E-state index in [4.69, 9.17) is 5.73 Å². The Morgan fingerprint density at radius 3 is 2.43 bits per heavy atom. The van der Waals surface area contributed by atoms with Crippen molar-refractivity contribution in [2.75, 3.05) is 18.4 Å². The summed E-state index contributed by atoms with van der Waals surface area (Å²) in [5.74, 6) is -0.197. The summed E-state index contributed by atoms with van der Waals surface area (Å²) in [6.07, 6.45) is 5.48. The molecule has 3 amide bonds. The number of nitrogens with one attached hydrogen (secondary N) is 3. The van der Waals surface area contributed by atoms with Gasteiger partial charge in [0.15, 0.2) is 0 Å². The SMILES string of the molecule is NC(=O)Nc1cc(-c2ccc(-c3ccncc3)cc2)sc1C(=O)N[C@@H]1CCCNC1. The topological polar surface area (TPSA) is 109 Å². The molecule has 1 fully saturated rings. The second-order valence-electron chi connectivity index (χ2n) is 7.17. The van der Waals surface area contributed by atoms with Crippen molar-refractivity contribution >= 4 is 29.0 Å². The first-order valence-corrected chi connectivity index (χ1v) is 10.6. The number of nitrogens with zero attached hydrogens (tertiary/aromatic N) is 1. The zero-order valence-electron chi connectivity index (χ0n) is 16.4. The molecule has 154 valence electrons. The van der Waals surface area contributed by atoms with Gasteiger partial charge in [-0.15, -0.1) is 11.3 Å². The molecule has 3 aromatic rings. The largest absolute Gasteiger partial charge is 0.351 e. The number of urea groups is 1. The molecule has 3 heterocycles. The van der Waals surface area contributed by atoms with E-state index in [2.05, 4.69) is 20.9 Å². The molecule has 0 unspecified atom stereocenters. The van der Waals surface area contributed by atoms with Crippen LogP contribution in [0.15, 0.2) is 54.9 Å². The summed E-state index contributed by atoms with van der Waals surface area (Å²) in [6, 6.07) is 13.2. The van der Waals surface area contributed by atoms with E-state index in [0.29, 0.717) is 10.6 Å². The Kier molecular flexibility index (Phi) is 6.06. The third-order valence-corrected chi connectivity index (χ3v) is 6.19. The molecule has 5 N–H and O–H groups in total. The van der Waals surface area contributed by atoms with Crippen molar-refractivity contribution in [3.63, 3.8) is 0 Å². The molecule has 1 aliphatic heterocycles. The van der Waals surface area contributed by atoms with Gasteiger partial charge in [-0.25, -0.2) is 4.79 Å². The number of carbonyl (C=O) groups is 2. The highest BCUT2D eigenvalue weighted by Gasteiger charge is 2.22. The summed E-state index contributed by atoms with van der Waals surface area (Å²) in [7, 11) is 0. The van der Waals surface area contributed by atoms with Gasteiger partial charge in [-0.3, -0.25) is 9.78 Å². The average Bonchev–Trinajstić information content (AvgIpc) is 3.18. The highest BCUT2D eigenvalue weighted by Crippen LogP contribution is 2.36. The van der Waals surface area contributed by atoms with E-state index in [0.717, 1.165) is 47.5 Å². The van der Waals surface area contributed by atoms with E-state index in [-0.39, 0.29) is 11.9 Å². The Hall–Kier alpha value is -3.23. The smallest absolute Gasteiger partial charge is 0.316 e. The molecule has 0 spiro atoms. The lowest BCUT2D eigenvalue weighted by atomic mass is 10.0. The molecule has 0 aliphatic carbocycles. The van der Waals surface area contributed by atoms with Gasteiger partial charge in [-0.2, -0.15) is 0 Å². The Morgan fingerprint density at radius 1 is 1.07 bits per heavy atom. The van der Waals surface area contributed by atoms with E-state index in [1.54, 1.807) is 18.5 Å². The monoisotopic (exact) mass is 421 g/mol. The molecular weight excluding hydrogens is 398 g/mol. The first-order valence-electron chi connectivity index (χ1n) is 9.83. The molecular formula is C22H23N5O2S. The Balaban J connectivity index is 1.59. The number of hydrogen-bond acceptors (Lipinski definition) is 5. The minimum absolute atomic E-state index is 0.0814. The number of anilines is 1. The van der Waals surface area contributed by atoms with Gasteiger partial charge in [0.1, 0.15) is 4.88 Å². The van der Waals surface area contributed by atoms with E-state index >= 15 is 0 Å². The molecule has 1 aliphatic rings. The molecule has 8 heteroatoms. The molecule has 0 radical (unpaired) electrons. The third kappa shape index (κ3) is 4.67. The van der Waals surface area contributed by atoms with Crippen molar-refractivity contribution in [2.24, 2.45) is 5.73 Å². The van der Waals surface area contributed by atoms with Crippen molar-refractivity contribution in [1.82, 2.24) is 15.6 Å². The number of aromatic nitrogens is 1. The molecule has 4 rings (SSSR count). The molecule has 7 nitrogen and oxygen atoms in total. The zero-order valence-corrected chi connectivity index (χ0v) is 17.2. The van der Waals surface area contributed by atoms with Crippen LogP contribution in [0.3, 0.4) is 0 Å². The van der Waals surface area contributed by atoms with Gasteiger partial charge in [0.2, 0.25) is 0 Å². The minimum atomic E-state index is -0.694. The van der Waals surface area contributed by atoms with E-state index in [1.807, 2.05) is 36.4 Å². The zero-order chi connectivity index (χ0) is 20.9. The Morgan fingerprint density at radius 2 is 1.77 bits per heavy atom. The van der Waals surface area contributed by atoms with Crippen LogP contribution in [0.2, 0.25) is 0 Å². The molecule has 2 aromatic heterocycles. The Labute approximate surface area is 178 Å². The Bertz CT molecular complexity index is 1030. The van der Waals surface area contributed by atoms with Gasteiger partial charge in [-0.05, 0) is 54.3 Å². The second kappa shape index (κ2) is 9.06. The van der Waals surface area contributed by atoms with E-state index < -0.39 is 6.03 Å². The van der Waals surface area contributed by atoms with Crippen LogP contribution in [0.1, 0.15) is 22.5 Å². The first kappa shape index (κ1) is 20.1. The standard InChI is InChI=1S/C22H23N5O2S/c23-22(29)27-18-12-19(30-20(18)21(28)26-17-2-1-9-25-13-17)16-5-3-14(4-6-16)15-7-10-24-11-8-15/h3-8,10-12,17,25H,1-2,9,13H2,(H,26,28)(H3,23,27,29)/t17-/m1/s1. The van der Waals surface area contributed by atoms with Crippen molar-refractivity contribution in [3.05, 3.63) is 59.7 Å². The molecule has 1 aromatic carbocycles. The number of amides is 3. The maximum Gasteiger partial charge on any atom is 0.316 e. The maximum absolute atomic E-state index is 12.9. The fourth-order valence-corrected chi connectivity index (χ4v) is 4.55. The van der Waals surface area contributed by atoms with Gasteiger partial charge in [0, 0.05) is 29.9 Å². The second-order valence-corrected chi connectivity index (χ2v) is 8.22. The van der Waals surface area contributed by atoms with Gasteiger partial charge >= 0.3 is 6.03 Å². The van der Waals surface area contributed by atoms with Crippen molar-refractivity contribution in [1.29, 1.82) is 0 Å². The lowest BCUT2D eigenvalue weighted by Crippen LogP contribution is -2.45. The highest BCUT2D eigenvalue weighted by molar-refractivity contribution is 7.18. The summed E-state index contributed by atoms with van der Waals surface area (Å²) in [5, 5.41) is 8.92. The normalized spacial score (nSPS) is 16.1. The number of carbonyl (C=O) groups excluding carboxylic acids is 2. The summed E-state index contributed by atoms with van der Waals surface area (Å²) in [4.78, 5) is 29.7. The van der Waals surface area contributed by atoms with Crippen molar-refractivity contribution < 1.29 is 9.59 Å². The van der Waals surface area contributed by atoms with Gasteiger partial charge in [0.25, 0.3) is 5.91 Å². The number of benzene rings is 1. The molecule has 1 saturated heterocycles. The molecule has 30 heavy (non-hydrogen) atoms. The van der Waals surface area contributed by atoms with Crippen LogP contribution in [-0.4, -0.2) is 36.1 Å². The number of rotatable bonds is 5. The fraction of sp³-hybridized carbons (Fsp3) is 0.227. The number of nitrogens with two attached hydrogens (primary N) is 1. The van der Waals surface area contributed by atoms with Crippen molar-refractivity contribution in [2.45, 2.75) is 18.9 Å². The number of thiophene rings is 1. The van der Waals surface area contributed by atoms with Gasteiger partial charge < -0.3 is 21.7 Å². The number of pyridine rings is 1. The molecule has 0 saturated carbocycles. The number of piperidine rings is 1. The fourth-order valence-electron chi connectivity index (χ4n) is 3.52. The number of hydrogen-bond donors (Lipinski definition) is 4. The van der Waals surface area contributed by atoms with Crippen LogP contribution in [0.5, 0.6) is 0 Å². The maximum atomic E-state index is 12.9. The van der Waals surface area contributed by atoms with Crippen LogP contribution in [0, 0.1) is 0 Å². The van der Waals surface area contributed by atoms with Crippen LogP contribution in [0.4, 0.5) is 10.5 Å². The van der Waals surface area contributed by atoms with E-state index in [1.165, 1.54) is 11.3 Å². The number of primary amides is 1. The van der Waals surface area contributed by atoms with Crippen LogP contribution in [0.25, 0.3) is 21.6 Å². The minimum Gasteiger partial charge on any atom is -0.351 e. The summed E-state index contributed by atoms with van der Waals surface area (Å²) >= 11 is 1.34. The van der Waals surface area contributed by atoms with Gasteiger partial charge in [-0.1, -0.05) is 24.3 Å². The predicted octanol–water partition coefficient (Wildman–Crippen LogP) is 3.45. The molecule has 0 bridgehead atoms.